The zero-order valence-electron chi connectivity index (χ0n) is 14.2. The lowest BCUT2D eigenvalue weighted by Crippen LogP contribution is -2.26. The first-order valence-corrected chi connectivity index (χ1v) is 7.78. The molecule has 0 spiro atoms. The molecule has 0 aliphatic rings. The molecular weight excluding hydrogens is 310 g/mol. The maximum Gasteiger partial charge on any atom is 0.314 e. The van der Waals surface area contributed by atoms with Crippen LogP contribution in [-0.2, 0) is 19.1 Å². The van der Waals surface area contributed by atoms with Crippen LogP contribution < -0.4 is 10.7 Å². The molecule has 1 aromatic rings. The van der Waals surface area contributed by atoms with Gasteiger partial charge < -0.3 is 10.1 Å². The number of amides is 2. The Kier molecular flexibility index (Phi) is 8.18. The number of nitrogens with zero attached hydrogens (tertiary/aromatic N) is 1. The van der Waals surface area contributed by atoms with Crippen LogP contribution in [0.25, 0.3) is 0 Å². The van der Waals surface area contributed by atoms with Gasteiger partial charge in [0.15, 0.2) is 0 Å². The minimum absolute atomic E-state index is 0.00321. The second-order valence-electron chi connectivity index (χ2n) is 5.18. The number of anilines is 1. The summed E-state index contributed by atoms with van der Waals surface area (Å²) in [7, 11) is 0. The van der Waals surface area contributed by atoms with E-state index < -0.39 is 17.8 Å². The fraction of sp³-hybridized carbons (Fsp3) is 0.412. The van der Waals surface area contributed by atoms with Crippen molar-refractivity contribution in [3.63, 3.8) is 0 Å². The third-order valence-corrected chi connectivity index (χ3v) is 3.26. The Labute approximate surface area is 141 Å². The number of hydrazone groups is 1. The average molecular weight is 333 g/mol. The van der Waals surface area contributed by atoms with E-state index >= 15 is 0 Å². The summed E-state index contributed by atoms with van der Waals surface area (Å²) < 4.78 is 4.88. The molecule has 0 saturated heterocycles. The minimum Gasteiger partial charge on any atom is -0.465 e. The second-order valence-corrected chi connectivity index (χ2v) is 5.18. The largest absolute Gasteiger partial charge is 0.465 e. The summed E-state index contributed by atoms with van der Waals surface area (Å²) in [5.74, 6) is -1.58. The van der Waals surface area contributed by atoms with Crippen LogP contribution >= 0.6 is 0 Å². The first-order chi connectivity index (χ1) is 11.4. The van der Waals surface area contributed by atoms with Crippen molar-refractivity contribution < 1.29 is 19.1 Å². The normalized spacial score (nSPS) is 12.2. The van der Waals surface area contributed by atoms with Gasteiger partial charge >= 0.3 is 5.97 Å². The molecule has 7 nitrogen and oxygen atoms in total. The molecule has 130 valence electrons. The third-order valence-electron chi connectivity index (χ3n) is 3.26. The topological polar surface area (TPSA) is 96.9 Å². The van der Waals surface area contributed by atoms with Crippen molar-refractivity contribution >= 4 is 29.2 Å². The molecule has 7 heteroatoms. The van der Waals surface area contributed by atoms with E-state index in [-0.39, 0.29) is 18.7 Å². The average Bonchev–Trinajstić information content (AvgIpc) is 2.58. The van der Waals surface area contributed by atoms with Crippen LogP contribution in [0.15, 0.2) is 35.4 Å². The first kappa shape index (κ1) is 19.3. The van der Waals surface area contributed by atoms with Gasteiger partial charge in [0.25, 0.3) is 0 Å². The highest BCUT2D eigenvalue weighted by Crippen LogP contribution is 2.06. The minimum atomic E-state index is -0.536. The van der Waals surface area contributed by atoms with E-state index in [1.807, 2.05) is 18.2 Å². The van der Waals surface area contributed by atoms with Crippen molar-refractivity contribution in [1.29, 1.82) is 0 Å². The fourth-order valence-electron chi connectivity index (χ4n) is 1.71. The van der Waals surface area contributed by atoms with Gasteiger partial charge in [0.1, 0.15) is 0 Å². The van der Waals surface area contributed by atoms with Crippen LogP contribution in [0.4, 0.5) is 5.69 Å². The van der Waals surface area contributed by atoms with Crippen LogP contribution in [0.2, 0.25) is 0 Å². The Bertz CT molecular complexity index is 599. The molecule has 0 aromatic heterocycles. The molecule has 0 unspecified atom stereocenters. The van der Waals surface area contributed by atoms with Crippen LogP contribution in [0.5, 0.6) is 0 Å². The number of carbonyl (C=O) groups excluding carboxylic acids is 3. The number of para-hydroxylation sites is 1. The van der Waals surface area contributed by atoms with E-state index in [2.05, 4.69) is 15.8 Å². The van der Waals surface area contributed by atoms with Gasteiger partial charge in [-0.15, -0.1) is 0 Å². The summed E-state index contributed by atoms with van der Waals surface area (Å²) in [6, 6.07) is 9.00. The highest BCUT2D eigenvalue weighted by Gasteiger charge is 2.17. The Morgan fingerprint density at radius 3 is 2.38 bits per heavy atom. The number of carbonyl (C=O) groups is 3. The van der Waals surface area contributed by atoms with Crippen molar-refractivity contribution in [2.24, 2.45) is 11.0 Å². The molecule has 0 heterocycles. The van der Waals surface area contributed by atoms with Gasteiger partial charge in [-0.2, -0.15) is 5.10 Å². The van der Waals surface area contributed by atoms with Crippen LogP contribution in [0.1, 0.15) is 33.6 Å². The maximum atomic E-state index is 11.7. The molecule has 0 aliphatic heterocycles. The standard InChI is InChI=1S/C17H23N3O4/c1-4-24-17(23)12(2)13(3)19-20-16(22)11-10-15(21)18-14-8-6-5-7-9-14/h5-9,12H,4,10-11H2,1-3H3,(H,18,21)(H,20,22)/b19-13+/t12-/m1/s1. The quantitative estimate of drug-likeness (QED) is 0.432. The van der Waals surface area contributed by atoms with Crippen molar-refractivity contribution in [2.75, 3.05) is 11.9 Å². The lowest BCUT2D eigenvalue weighted by molar-refractivity contribution is -0.145. The number of rotatable bonds is 8. The third kappa shape index (κ3) is 7.04. The predicted molar refractivity (Wildman–Crippen MR) is 91.4 cm³/mol. The molecule has 2 amide bonds. The summed E-state index contributed by atoms with van der Waals surface area (Å²) in [6.45, 7) is 5.29. The van der Waals surface area contributed by atoms with Gasteiger partial charge in [-0.05, 0) is 32.9 Å². The molecule has 1 atom stereocenters. The van der Waals surface area contributed by atoms with Crippen LogP contribution in [-0.4, -0.2) is 30.1 Å². The number of ether oxygens (including phenoxy) is 1. The Morgan fingerprint density at radius 1 is 1.12 bits per heavy atom. The number of hydrogen-bond acceptors (Lipinski definition) is 5. The zero-order chi connectivity index (χ0) is 17.9. The van der Waals surface area contributed by atoms with Crippen molar-refractivity contribution in [1.82, 2.24) is 5.43 Å². The van der Waals surface area contributed by atoms with Crippen LogP contribution in [0, 0.1) is 5.92 Å². The molecule has 0 fully saturated rings. The van der Waals surface area contributed by atoms with E-state index in [0.717, 1.165) is 0 Å². The van der Waals surface area contributed by atoms with Gasteiger partial charge in [0.2, 0.25) is 11.8 Å². The summed E-state index contributed by atoms with van der Waals surface area (Å²) in [5, 5.41) is 6.57. The van der Waals surface area contributed by atoms with E-state index in [4.69, 9.17) is 4.74 Å². The van der Waals surface area contributed by atoms with Crippen molar-refractivity contribution in [2.45, 2.75) is 33.6 Å². The molecule has 0 bridgehead atoms. The summed E-state index contributed by atoms with van der Waals surface area (Å²) >= 11 is 0. The van der Waals surface area contributed by atoms with Crippen molar-refractivity contribution in [3.8, 4) is 0 Å². The summed E-state index contributed by atoms with van der Waals surface area (Å²) in [6.07, 6.45) is 0.0476. The van der Waals surface area contributed by atoms with E-state index in [0.29, 0.717) is 18.0 Å². The van der Waals surface area contributed by atoms with Gasteiger partial charge in [-0.25, -0.2) is 5.43 Å². The molecular formula is C17H23N3O4. The maximum absolute atomic E-state index is 11.7. The van der Waals surface area contributed by atoms with Crippen molar-refractivity contribution in [3.05, 3.63) is 30.3 Å². The SMILES string of the molecule is CCOC(=O)[C@H](C)/C(C)=N/NC(=O)CCC(=O)Nc1ccccc1. The van der Waals surface area contributed by atoms with Crippen LogP contribution in [0.3, 0.4) is 0 Å². The molecule has 24 heavy (non-hydrogen) atoms. The molecule has 1 aromatic carbocycles. The van der Waals surface area contributed by atoms with Gasteiger partial charge in [-0.1, -0.05) is 18.2 Å². The monoisotopic (exact) mass is 333 g/mol. The van der Waals surface area contributed by atoms with Gasteiger partial charge in [0.05, 0.1) is 12.5 Å². The molecule has 1 rings (SSSR count). The van der Waals surface area contributed by atoms with E-state index in [9.17, 15) is 14.4 Å². The lowest BCUT2D eigenvalue weighted by Gasteiger charge is -2.10. The lowest BCUT2D eigenvalue weighted by atomic mass is 10.1. The molecule has 0 radical (unpaired) electrons. The van der Waals surface area contributed by atoms with Gasteiger partial charge in [-0.3, -0.25) is 14.4 Å². The predicted octanol–water partition coefficient (Wildman–Crippen LogP) is 2.10. The van der Waals surface area contributed by atoms with E-state index in [1.54, 1.807) is 32.9 Å². The zero-order valence-corrected chi connectivity index (χ0v) is 14.2. The summed E-state index contributed by atoms with van der Waals surface area (Å²) in [4.78, 5) is 35.0. The molecule has 0 aliphatic carbocycles. The van der Waals surface area contributed by atoms with E-state index in [1.165, 1.54) is 0 Å². The van der Waals surface area contributed by atoms with Gasteiger partial charge in [0, 0.05) is 24.2 Å². The second kappa shape index (κ2) is 10.1. The number of nitrogens with one attached hydrogen (secondary N) is 2. The Morgan fingerprint density at radius 2 is 1.75 bits per heavy atom. The number of hydrogen-bond donors (Lipinski definition) is 2. The highest BCUT2D eigenvalue weighted by molar-refractivity contribution is 6.01. The highest BCUT2D eigenvalue weighted by atomic mass is 16.5. The Balaban J connectivity index is 2.36. The number of benzene rings is 1. The smallest absolute Gasteiger partial charge is 0.314 e. The summed E-state index contributed by atoms with van der Waals surface area (Å²) in [5.41, 5.74) is 3.46. The molecule has 0 saturated carbocycles. The molecule has 2 N–H and O–H groups in total. The number of esters is 1. The fourth-order valence-corrected chi connectivity index (χ4v) is 1.71. The Hall–Kier alpha value is -2.70. The first-order valence-electron chi connectivity index (χ1n) is 7.78.